The quantitative estimate of drug-likeness (QED) is 0.759. The highest BCUT2D eigenvalue weighted by molar-refractivity contribution is 5.66. The molecular formula is C11H20N4. The second-order valence-corrected chi connectivity index (χ2v) is 4.81. The molecule has 4 heteroatoms. The summed E-state index contributed by atoms with van der Waals surface area (Å²) in [4.78, 5) is 2.35. The first kappa shape index (κ1) is 10.3. The molecule has 2 heterocycles. The molecule has 0 amide bonds. The van der Waals surface area contributed by atoms with E-state index >= 15 is 0 Å². The lowest BCUT2D eigenvalue weighted by Crippen LogP contribution is -2.23. The van der Waals surface area contributed by atoms with Crippen molar-refractivity contribution in [2.24, 2.45) is 18.9 Å². The molecule has 2 N–H and O–H groups in total. The van der Waals surface area contributed by atoms with Gasteiger partial charge in [0.05, 0.1) is 11.4 Å². The molecule has 2 atom stereocenters. The lowest BCUT2D eigenvalue weighted by Gasteiger charge is -2.18. The van der Waals surface area contributed by atoms with E-state index in [0.29, 0.717) is 0 Å². The van der Waals surface area contributed by atoms with Gasteiger partial charge in [0.15, 0.2) is 0 Å². The van der Waals surface area contributed by atoms with Crippen LogP contribution in [0, 0.1) is 18.8 Å². The van der Waals surface area contributed by atoms with Crippen molar-refractivity contribution in [1.82, 2.24) is 9.78 Å². The zero-order valence-electron chi connectivity index (χ0n) is 9.99. The van der Waals surface area contributed by atoms with E-state index in [2.05, 4.69) is 23.8 Å². The van der Waals surface area contributed by atoms with Gasteiger partial charge in [0.1, 0.15) is 5.82 Å². The number of hydrogen-bond acceptors (Lipinski definition) is 3. The van der Waals surface area contributed by atoms with Crippen LogP contribution in [0.5, 0.6) is 0 Å². The first-order valence-electron chi connectivity index (χ1n) is 5.54. The van der Waals surface area contributed by atoms with Gasteiger partial charge in [-0.25, -0.2) is 0 Å². The van der Waals surface area contributed by atoms with Crippen molar-refractivity contribution in [3.8, 4) is 0 Å². The third-order valence-electron chi connectivity index (χ3n) is 3.52. The van der Waals surface area contributed by atoms with E-state index in [0.717, 1.165) is 42.1 Å². The number of hydrogen-bond donors (Lipinski definition) is 1. The topological polar surface area (TPSA) is 47.1 Å². The smallest absolute Gasteiger partial charge is 0.150 e. The van der Waals surface area contributed by atoms with Crippen molar-refractivity contribution in [2.75, 3.05) is 23.7 Å². The number of aromatic nitrogens is 2. The van der Waals surface area contributed by atoms with Crippen LogP contribution in [0.15, 0.2) is 0 Å². The Balaban J connectivity index is 2.31. The van der Waals surface area contributed by atoms with Gasteiger partial charge >= 0.3 is 0 Å². The first-order valence-corrected chi connectivity index (χ1v) is 5.54. The van der Waals surface area contributed by atoms with Crippen LogP contribution in [-0.4, -0.2) is 22.9 Å². The van der Waals surface area contributed by atoms with Crippen LogP contribution in [-0.2, 0) is 7.05 Å². The average Bonchev–Trinajstić information content (AvgIpc) is 2.57. The van der Waals surface area contributed by atoms with E-state index in [1.807, 2.05) is 18.7 Å². The van der Waals surface area contributed by atoms with Crippen LogP contribution in [0.1, 0.15) is 19.5 Å². The van der Waals surface area contributed by atoms with Crippen molar-refractivity contribution in [3.05, 3.63) is 5.69 Å². The van der Waals surface area contributed by atoms with Crippen LogP contribution in [0.3, 0.4) is 0 Å². The van der Waals surface area contributed by atoms with Crippen molar-refractivity contribution in [3.63, 3.8) is 0 Å². The van der Waals surface area contributed by atoms with Crippen LogP contribution in [0.25, 0.3) is 0 Å². The monoisotopic (exact) mass is 208 g/mol. The molecule has 0 spiro atoms. The zero-order chi connectivity index (χ0) is 11.2. The Morgan fingerprint density at radius 3 is 2.20 bits per heavy atom. The summed E-state index contributed by atoms with van der Waals surface area (Å²) in [6, 6.07) is 0. The van der Waals surface area contributed by atoms with Crippen LogP contribution < -0.4 is 10.6 Å². The summed E-state index contributed by atoms with van der Waals surface area (Å²) in [6.07, 6.45) is 0. The van der Waals surface area contributed by atoms with Crippen LogP contribution >= 0.6 is 0 Å². The molecule has 4 nitrogen and oxygen atoms in total. The maximum atomic E-state index is 6.05. The Morgan fingerprint density at radius 2 is 1.80 bits per heavy atom. The molecule has 15 heavy (non-hydrogen) atoms. The van der Waals surface area contributed by atoms with Crippen LogP contribution in [0.4, 0.5) is 11.5 Å². The normalized spacial score (nSPS) is 26.3. The summed E-state index contributed by atoms with van der Waals surface area (Å²) in [5.74, 6) is 2.56. The highest BCUT2D eigenvalue weighted by Crippen LogP contribution is 2.32. The van der Waals surface area contributed by atoms with Gasteiger partial charge in [-0.05, 0) is 18.8 Å². The number of anilines is 2. The molecule has 1 aromatic rings. The lowest BCUT2D eigenvalue weighted by atomic mass is 10.0. The van der Waals surface area contributed by atoms with Gasteiger partial charge in [-0.2, -0.15) is 5.10 Å². The summed E-state index contributed by atoms with van der Waals surface area (Å²) in [7, 11) is 1.96. The van der Waals surface area contributed by atoms with Crippen molar-refractivity contribution >= 4 is 11.5 Å². The number of rotatable bonds is 1. The Kier molecular flexibility index (Phi) is 2.37. The molecule has 0 bridgehead atoms. The summed E-state index contributed by atoms with van der Waals surface area (Å²) in [6.45, 7) is 8.73. The Morgan fingerprint density at radius 1 is 1.27 bits per heavy atom. The highest BCUT2D eigenvalue weighted by Gasteiger charge is 2.29. The Labute approximate surface area is 91.1 Å². The van der Waals surface area contributed by atoms with E-state index in [4.69, 9.17) is 5.73 Å². The van der Waals surface area contributed by atoms with Crippen molar-refractivity contribution < 1.29 is 0 Å². The van der Waals surface area contributed by atoms with Gasteiger partial charge in [-0.3, -0.25) is 4.68 Å². The molecule has 2 rings (SSSR count). The fraction of sp³-hybridized carbons (Fsp3) is 0.727. The van der Waals surface area contributed by atoms with Crippen LogP contribution in [0.2, 0.25) is 0 Å². The van der Waals surface area contributed by atoms with E-state index in [1.54, 1.807) is 0 Å². The number of nitrogens with two attached hydrogens (primary N) is 1. The highest BCUT2D eigenvalue weighted by atomic mass is 15.4. The maximum Gasteiger partial charge on any atom is 0.150 e. The molecular weight excluding hydrogens is 188 g/mol. The summed E-state index contributed by atoms with van der Waals surface area (Å²) >= 11 is 0. The third-order valence-corrected chi connectivity index (χ3v) is 3.52. The minimum Gasteiger partial charge on any atom is -0.394 e. The second kappa shape index (κ2) is 3.43. The largest absolute Gasteiger partial charge is 0.394 e. The van der Waals surface area contributed by atoms with E-state index < -0.39 is 0 Å². The molecule has 0 saturated carbocycles. The molecule has 1 aliphatic heterocycles. The molecule has 1 saturated heterocycles. The fourth-order valence-corrected chi connectivity index (χ4v) is 2.34. The molecule has 0 radical (unpaired) electrons. The fourth-order valence-electron chi connectivity index (χ4n) is 2.34. The summed E-state index contributed by atoms with van der Waals surface area (Å²) in [5, 5.41) is 4.36. The lowest BCUT2D eigenvalue weighted by molar-refractivity contribution is 0.494. The van der Waals surface area contributed by atoms with E-state index in [-0.39, 0.29) is 0 Å². The molecule has 2 unspecified atom stereocenters. The van der Waals surface area contributed by atoms with Gasteiger partial charge in [-0.15, -0.1) is 0 Å². The molecule has 1 aromatic heterocycles. The van der Waals surface area contributed by atoms with Crippen molar-refractivity contribution in [2.45, 2.75) is 20.8 Å². The number of nitrogens with zero attached hydrogens (tertiary/aromatic N) is 3. The standard InChI is InChI=1S/C11H20N4/c1-7-5-15(6-8(7)2)11-10(12)9(3)13-14(11)4/h7-8H,5-6,12H2,1-4H3. The number of aryl methyl sites for hydroxylation is 2. The molecule has 1 aliphatic rings. The minimum absolute atomic E-state index is 0.736. The SMILES string of the molecule is Cc1nn(C)c(N2CC(C)C(C)C2)c1N. The van der Waals surface area contributed by atoms with Gasteiger partial charge in [-0.1, -0.05) is 13.8 Å². The van der Waals surface area contributed by atoms with E-state index in [1.165, 1.54) is 0 Å². The Bertz CT molecular complexity index is 359. The second-order valence-electron chi connectivity index (χ2n) is 4.81. The molecule has 0 aromatic carbocycles. The van der Waals surface area contributed by atoms with Crippen molar-refractivity contribution in [1.29, 1.82) is 0 Å². The summed E-state index contributed by atoms with van der Waals surface area (Å²) in [5.41, 5.74) is 7.81. The van der Waals surface area contributed by atoms with Gasteiger partial charge in [0, 0.05) is 20.1 Å². The van der Waals surface area contributed by atoms with E-state index in [9.17, 15) is 0 Å². The molecule has 1 fully saturated rings. The minimum atomic E-state index is 0.736. The maximum absolute atomic E-state index is 6.05. The third kappa shape index (κ3) is 1.58. The van der Waals surface area contributed by atoms with Gasteiger partial charge in [0.2, 0.25) is 0 Å². The molecule has 0 aliphatic carbocycles. The molecule has 84 valence electrons. The predicted octanol–water partition coefficient (Wildman–Crippen LogP) is 1.40. The first-order chi connectivity index (χ1) is 7.00. The average molecular weight is 208 g/mol. The van der Waals surface area contributed by atoms with Gasteiger partial charge in [0.25, 0.3) is 0 Å². The predicted molar refractivity (Wildman–Crippen MR) is 62.9 cm³/mol. The zero-order valence-corrected chi connectivity index (χ0v) is 9.99. The Hall–Kier alpha value is -1.19. The summed E-state index contributed by atoms with van der Waals surface area (Å²) < 4.78 is 1.90. The van der Waals surface area contributed by atoms with Gasteiger partial charge < -0.3 is 10.6 Å². The number of nitrogen functional groups attached to an aromatic ring is 1.